The molecule has 0 bridgehead atoms. The summed E-state index contributed by atoms with van der Waals surface area (Å²) in [5.41, 5.74) is 4.64. The first-order valence-electron chi connectivity index (χ1n) is 12.2. The zero-order valence-corrected chi connectivity index (χ0v) is 21.6. The lowest BCUT2D eigenvalue weighted by Gasteiger charge is -2.46. The molecule has 1 unspecified atom stereocenters. The second-order valence-corrected chi connectivity index (χ2v) is 10.0. The molecular weight excluding hydrogens is 468 g/mol. The van der Waals surface area contributed by atoms with E-state index in [1.807, 2.05) is 88.6 Å². The molecule has 0 spiro atoms. The van der Waals surface area contributed by atoms with Crippen molar-refractivity contribution in [2.24, 2.45) is 7.05 Å². The third-order valence-corrected chi connectivity index (χ3v) is 7.23. The average molecular weight is 501 g/mol. The van der Waals surface area contributed by atoms with Gasteiger partial charge < -0.3 is 15.2 Å². The van der Waals surface area contributed by atoms with Crippen LogP contribution in [0.4, 0.5) is 10.6 Å². The van der Waals surface area contributed by atoms with E-state index in [9.17, 15) is 9.90 Å². The maximum absolute atomic E-state index is 13.4. The fourth-order valence-electron chi connectivity index (χ4n) is 5.39. The fraction of sp³-hybridized carbons (Fsp3) is 0.321. The quantitative estimate of drug-likeness (QED) is 0.382. The first-order chi connectivity index (χ1) is 17.7. The van der Waals surface area contributed by atoms with Gasteiger partial charge in [0.25, 0.3) is 0 Å². The Morgan fingerprint density at radius 3 is 2.49 bits per heavy atom. The second kappa shape index (κ2) is 9.49. The van der Waals surface area contributed by atoms with Gasteiger partial charge in [0.05, 0.1) is 24.0 Å². The highest BCUT2D eigenvalue weighted by atomic mass is 16.5. The number of methoxy groups -OCH3 is 1. The Morgan fingerprint density at radius 1 is 1.11 bits per heavy atom. The van der Waals surface area contributed by atoms with Crippen molar-refractivity contribution in [3.8, 4) is 16.9 Å². The van der Waals surface area contributed by atoms with Gasteiger partial charge in [0.15, 0.2) is 0 Å². The summed E-state index contributed by atoms with van der Waals surface area (Å²) in [6.07, 6.45) is 2.20. The Hall–Kier alpha value is -3.95. The fourth-order valence-corrected chi connectivity index (χ4v) is 5.39. The van der Waals surface area contributed by atoms with Crippen molar-refractivity contribution in [1.29, 1.82) is 0 Å². The number of carbonyl (C=O) groups is 1. The van der Waals surface area contributed by atoms with Crippen molar-refractivity contribution >= 4 is 11.8 Å². The lowest BCUT2D eigenvalue weighted by molar-refractivity contribution is -0.0730. The number of nitrogens with zero attached hydrogens (tertiary/aromatic N) is 4. The Morgan fingerprint density at radius 2 is 1.81 bits per heavy atom. The van der Waals surface area contributed by atoms with Gasteiger partial charge in [0.2, 0.25) is 0 Å². The molecule has 0 radical (unpaired) electrons. The molecule has 0 saturated carbocycles. The van der Waals surface area contributed by atoms with Gasteiger partial charge in [0, 0.05) is 36.9 Å². The Bertz CT molecular complexity index is 1420. The van der Waals surface area contributed by atoms with Crippen molar-refractivity contribution in [3.63, 3.8) is 0 Å². The number of aliphatic hydroxyl groups excluding tert-OH is 1. The SMILES string of the molecule is CO[C@H]1[C@@H](O)C(NC(=O)Nc2c(C)c(-c3cnn(C)c3)nn2-c2ccccc2)c2ccccc2C1(C)C. The number of urea groups is 1. The van der Waals surface area contributed by atoms with E-state index in [0.717, 1.165) is 33.6 Å². The van der Waals surface area contributed by atoms with E-state index in [1.54, 1.807) is 22.7 Å². The van der Waals surface area contributed by atoms with E-state index >= 15 is 0 Å². The summed E-state index contributed by atoms with van der Waals surface area (Å²) < 4.78 is 9.14. The number of nitrogens with one attached hydrogen (secondary N) is 2. The molecule has 2 heterocycles. The number of fused-ring (bicyclic) bond motifs is 1. The topological polar surface area (TPSA) is 106 Å². The van der Waals surface area contributed by atoms with Crippen molar-refractivity contribution < 1.29 is 14.6 Å². The third kappa shape index (κ3) is 4.30. The molecule has 1 aliphatic rings. The van der Waals surface area contributed by atoms with Gasteiger partial charge in [-0.15, -0.1) is 0 Å². The number of hydrogen-bond donors (Lipinski definition) is 3. The minimum Gasteiger partial charge on any atom is -0.388 e. The zero-order valence-electron chi connectivity index (χ0n) is 21.6. The Balaban J connectivity index is 1.50. The van der Waals surface area contributed by atoms with Gasteiger partial charge in [0.1, 0.15) is 17.6 Å². The maximum atomic E-state index is 13.4. The molecule has 3 atom stereocenters. The van der Waals surface area contributed by atoms with Crippen LogP contribution in [0.5, 0.6) is 0 Å². The normalized spacial score (nSPS) is 20.3. The maximum Gasteiger partial charge on any atom is 0.320 e. The predicted molar refractivity (Wildman–Crippen MR) is 142 cm³/mol. The van der Waals surface area contributed by atoms with Crippen LogP contribution in [0.1, 0.15) is 36.6 Å². The predicted octanol–water partition coefficient (Wildman–Crippen LogP) is 4.11. The van der Waals surface area contributed by atoms with E-state index < -0.39 is 29.7 Å². The smallest absolute Gasteiger partial charge is 0.320 e. The highest BCUT2D eigenvalue weighted by Gasteiger charge is 2.47. The lowest BCUT2D eigenvalue weighted by Crippen LogP contribution is -2.55. The second-order valence-electron chi connectivity index (χ2n) is 10.0. The molecular formula is C28H32N6O3. The molecule has 37 heavy (non-hydrogen) atoms. The molecule has 9 nitrogen and oxygen atoms in total. The molecule has 1 aliphatic carbocycles. The number of carbonyl (C=O) groups excluding carboxylic acids is 1. The molecule has 9 heteroatoms. The van der Waals surface area contributed by atoms with Crippen molar-refractivity contribution in [2.45, 2.75) is 44.4 Å². The summed E-state index contributed by atoms with van der Waals surface area (Å²) in [7, 11) is 3.43. The lowest BCUT2D eigenvalue weighted by atomic mass is 9.67. The molecule has 5 rings (SSSR count). The van der Waals surface area contributed by atoms with Gasteiger partial charge in [-0.3, -0.25) is 10.00 Å². The van der Waals surface area contributed by atoms with Crippen LogP contribution in [0.3, 0.4) is 0 Å². The van der Waals surface area contributed by atoms with Gasteiger partial charge in [-0.1, -0.05) is 56.3 Å². The number of benzene rings is 2. The first kappa shape index (κ1) is 24.7. The summed E-state index contributed by atoms with van der Waals surface area (Å²) >= 11 is 0. The molecule has 192 valence electrons. The van der Waals surface area contributed by atoms with Gasteiger partial charge in [-0.25, -0.2) is 9.48 Å². The first-order valence-corrected chi connectivity index (χ1v) is 12.2. The summed E-state index contributed by atoms with van der Waals surface area (Å²) in [5, 5.41) is 26.3. The summed E-state index contributed by atoms with van der Waals surface area (Å²) in [6.45, 7) is 6.00. The highest BCUT2D eigenvalue weighted by molar-refractivity contribution is 5.91. The minimum absolute atomic E-state index is 0.430. The average Bonchev–Trinajstić information content (AvgIpc) is 3.45. The summed E-state index contributed by atoms with van der Waals surface area (Å²) in [6, 6.07) is 16.4. The molecule has 2 aromatic heterocycles. The van der Waals surface area contributed by atoms with Crippen LogP contribution in [0.2, 0.25) is 0 Å². The number of hydrogen-bond acceptors (Lipinski definition) is 5. The number of anilines is 1. The van der Waals surface area contributed by atoms with Crippen LogP contribution in [-0.4, -0.2) is 50.0 Å². The van der Waals surface area contributed by atoms with Crippen molar-refractivity contribution in [1.82, 2.24) is 24.9 Å². The standard InChI is InChI=1S/C28H32N6O3/c1-17-22(18-15-29-33(4)16-18)32-34(19-11-7-6-8-12-19)26(17)31-27(36)30-23-20-13-9-10-14-21(20)28(2,3)25(37-5)24(23)35/h6-16,23-25,35H,1-5H3,(H2,30,31,36)/t23?,24-,25-/m0/s1. The van der Waals surface area contributed by atoms with E-state index in [2.05, 4.69) is 15.7 Å². The summed E-state index contributed by atoms with van der Waals surface area (Å²) in [4.78, 5) is 13.4. The van der Waals surface area contributed by atoms with Crippen LogP contribution in [0.25, 0.3) is 16.9 Å². The molecule has 0 fully saturated rings. The van der Waals surface area contributed by atoms with Crippen LogP contribution in [0.15, 0.2) is 67.0 Å². The van der Waals surface area contributed by atoms with Crippen LogP contribution < -0.4 is 10.6 Å². The van der Waals surface area contributed by atoms with E-state index in [-0.39, 0.29) is 0 Å². The highest BCUT2D eigenvalue weighted by Crippen LogP contribution is 2.43. The minimum atomic E-state index is -0.938. The van der Waals surface area contributed by atoms with E-state index in [4.69, 9.17) is 9.84 Å². The van der Waals surface area contributed by atoms with Gasteiger partial charge in [-0.2, -0.15) is 10.2 Å². The van der Waals surface area contributed by atoms with Crippen LogP contribution >= 0.6 is 0 Å². The molecule has 2 aromatic carbocycles. The van der Waals surface area contributed by atoms with Gasteiger partial charge in [-0.05, 0) is 30.2 Å². The largest absolute Gasteiger partial charge is 0.388 e. The van der Waals surface area contributed by atoms with Crippen molar-refractivity contribution in [2.75, 3.05) is 12.4 Å². The number of para-hydroxylation sites is 1. The zero-order chi connectivity index (χ0) is 26.3. The van der Waals surface area contributed by atoms with Crippen LogP contribution in [-0.2, 0) is 17.2 Å². The van der Waals surface area contributed by atoms with E-state index in [0.29, 0.717) is 5.82 Å². The number of amides is 2. The van der Waals surface area contributed by atoms with Crippen molar-refractivity contribution in [3.05, 3.63) is 83.7 Å². The monoisotopic (exact) mass is 500 g/mol. The molecule has 0 aliphatic heterocycles. The third-order valence-electron chi connectivity index (χ3n) is 7.23. The number of aliphatic hydroxyl groups is 1. The number of aromatic nitrogens is 4. The Labute approximate surface area is 216 Å². The number of rotatable bonds is 5. The molecule has 4 aromatic rings. The number of aryl methyl sites for hydroxylation is 1. The summed E-state index contributed by atoms with van der Waals surface area (Å²) in [5.74, 6) is 0.532. The molecule has 2 amide bonds. The number of ether oxygens (including phenoxy) is 1. The van der Waals surface area contributed by atoms with E-state index in [1.165, 1.54) is 0 Å². The van der Waals surface area contributed by atoms with Gasteiger partial charge >= 0.3 is 6.03 Å². The van der Waals surface area contributed by atoms with Crippen LogP contribution in [0, 0.1) is 6.92 Å². The Kier molecular flexibility index (Phi) is 6.35. The molecule has 3 N–H and O–H groups in total. The molecule has 0 saturated heterocycles.